The zero-order valence-corrected chi connectivity index (χ0v) is 24.3. The maximum atomic E-state index is 13.7. The summed E-state index contributed by atoms with van der Waals surface area (Å²) in [4.78, 5) is 28.8. The minimum absolute atomic E-state index is 0.157. The lowest BCUT2D eigenvalue weighted by atomic mass is 10.0. The minimum Gasteiger partial charge on any atom is -0.484 e. The van der Waals surface area contributed by atoms with Gasteiger partial charge in [0, 0.05) is 24.5 Å². The van der Waals surface area contributed by atoms with Crippen LogP contribution in [0.4, 0.5) is 0 Å². The van der Waals surface area contributed by atoms with Crippen molar-refractivity contribution in [2.75, 3.05) is 13.2 Å². The van der Waals surface area contributed by atoms with Gasteiger partial charge < -0.3 is 15.0 Å². The standard InChI is InChI=1S/C30H33Cl3N2O3/c1-19(2)16-34-30(37)27(15-22-8-6-5-7-9-22)35(17-23-10-11-25(31)26(32)14-23)28(36)18-38-24-12-20(3)29(33)21(4)13-24/h5-14,19,27H,15-18H2,1-4H3,(H,34,37)/t27-/m1/s1. The van der Waals surface area contributed by atoms with Crippen LogP contribution in [0.2, 0.25) is 15.1 Å². The Morgan fingerprint density at radius 2 is 1.55 bits per heavy atom. The smallest absolute Gasteiger partial charge is 0.261 e. The summed E-state index contributed by atoms with van der Waals surface area (Å²) in [5, 5.41) is 4.46. The largest absolute Gasteiger partial charge is 0.484 e. The third kappa shape index (κ3) is 8.39. The Bertz CT molecular complexity index is 1240. The van der Waals surface area contributed by atoms with Crippen molar-refractivity contribution in [1.82, 2.24) is 10.2 Å². The normalized spacial score (nSPS) is 11.8. The van der Waals surface area contributed by atoms with E-state index in [-0.39, 0.29) is 30.9 Å². The average molecular weight is 576 g/mol. The van der Waals surface area contributed by atoms with Crippen LogP contribution in [-0.2, 0) is 22.6 Å². The Balaban J connectivity index is 1.94. The maximum absolute atomic E-state index is 13.7. The van der Waals surface area contributed by atoms with Crippen molar-refractivity contribution in [3.8, 4) is 5.75 Å². The number of halogens is 3. The predicted molar refractivity (Wildman–Crippen MR) is 155 cm³/mol. The van der Waals surface area contributed by atoms with E-state index in [0.29, 0.717) is 33.8 Å². The summed E-state index contributed by atoms with van der Waals surface area (Å²) in [5.74, 6) is 0.238. The summed E-state index contributed by atoms with van der Waals surface area (Å²) in [6, 6.07) is 17.6. The van der Waals surface area contributed by atoms with Gasteiger partial charge in [-0.15, -0.1) is 0 Å². The molecule has 0 aliphatic rings. The fourth-order valence-electron chi connectivity index (χ4n) is 4.03. The number of nitrogens with one attached hydrogen (secondary N) is 1. The zero-order valence-electron chi connectivity index (χ0n) is 22.1. The number of ether oxygens (including phenoxy) is 1. The highest BCUT2D eigenvalue weighted by atomic mass is 35.5. The first-order valence-electron chi connectivity index (χ1n) is 12.5. The third-order valence-corrected chi connectivity index (χ3v) is 7.40. The van der Waals surface area contributed by atoms with Crippen LogP contribution in [0.1, 0.15) is 36.1 Å². The summed E-state index contributed by atoms with van der Waals surface area (Å²) < 4.78 is 5.90. The maximum Gasteiger partial charge on any atom is 0.261 e. The number of benzene rings is 3. The summed E-state index contributed by atoms with van der Waals surface area (Å²) in [7, 11) is 0. The Kier molecular flexibility index (Phi) is 10.9. The molecule has 3 aromatic rings. The second kappa shape index (κ2) is 13.9. The van der Waals surface area contributed by atoms with Gasteiger partial charge in [-0.1, -0.05) is 85.0 Å². The first-order valence-corrected chi connectivity index (χ1v) is 13.6. The second-order valence-electron chi connectivity index (χ2n) is 9.77. The lowest BCUT2D eigenvalue weighted by Gasteiger charge is -2.32. The highest BCUT2D eigenvalue weighted by Crippen LogP contribution is 2.27. The molecule has 202 valence electrons. The van der Waals surface area contributed by atoms with E-state index in [1.807, 2.05) is 58.0 Å². The molecule has 0 radical (unpaired) electrons. The Morgan fingerprint density at radius 3 is 2.16 bits per heavy atom. The molecule has 0 bridgehead atoms. The van der Waals surface area contributed by atoms with Crippen molar-refractivity contribution in [2.45, 2.75) is 46.7 Å². The molecule has 3 aromatic carbocycles. The number of aryl methyl sites for hydroxylation is 2. The van der Waals surface area contributed by atoms with Gasteiger partial charge in [0.05, 0.1) is 10.0 Å². The Hall–Kier alpha value is -2.73. The molecule has 0 aliphatic carbocycles. The van der Waals surface area contributed by atoms with Crippen LogP contribution >= 0.6 is 34.8 Å². The van der Waals surface area contributed by atoms with Crippen molar-refractivity contribution in [3.05, 3.63) is 98.0 Å². The van der Waals surface area contributed by atoms with E-state index in [2.05, 4.69) is 5.32 Å². The molecule has 0 unspecified atom stereocenters. The molecule has 5 nitrogen and oxygen atoms in total. The lowest BCUT2D eigenvalue weighted by Crippen LogP contribution is -2.52. The predicted octanol–water partition coefficient (Wildman–Crippen LogP) is 7.05. The van der Waals surface area contributed by atoms with Gasteiger partial charge in [-0.25, -0.2) is 0 Å². The van der Waals surface area contributed by atoms with E-state index in [0.717, 1.165) is 22.3 Å². The molecule has 0 fully saturated rings. The van der Waals surface area contributed by atoms with Crippen LogP contribution in [0.15, 0.2) is 60.7 Å². The van der Waals surface area contributed by atoms with Crippen molar-refractivity contribution < 1.29 is 14.3 Å². The number of rotatable bonds is 11. The van der Waals surface area contributed by atoms with E-state index < -0.39 is 6.04 Å². The van der Waals surface area contributed by atoms with Gasteiger partial charge in [-0.05, 0) is 66.3 Å². The molecule has 0 spiro atoms. The van der Waals surface area contributed by atoms with Crippen molar-refractivity contribution in [2.24, 2.45) is 5.92 Å². The van der Waals surface area contributed by atoms with Crippen LogP contribution in [-0.4, -0.2) is 35.9 Å². The van der Waals surface area contributed by atoms with Crippen LogP contribution in [0.5, 0.6) is 5.75 Å². The van der Waals surface area contributed by atoms with E-state index in [9.17, 15) is 9.59 Å². The van der Waals surface area contributed by atoms with Gasteiger partial charge >= 0.3 is 0 Å². The zero-order chi connectivity index (χ0) is 27.8. The summed E-state index contributed by atoms with van der Waals surface area (Å²) in [6.07, 6.45) is 0.344. The highest BCUT2D eigenvalue weighted by molar-refractivity contribution is 6.42. The molecule has 0 aliphatic heterocycles. The average Bonchev–Trinajstić information content (AvgIpc) is 2.89. The number of carbonyl (C=O) groups is 2. The number of carbonyl (C=O) groups excluding carboxylic acids is 2. The molecule has 1 atom stereocenters. The minimum atomic E-state index is -0.768. The molecule has 38 heavy (non-hydrogen) atoms. The van der Waals surface area contributed by atoms with Gasteiger partial charge in [-0.3, -0.25) is 9.59 Å². The third-order valence-electron chi connectivity index (χ3n) is 6.06. The quantitative estimate of drug-likeness (QED) is 0.266. The number of nitrogens with zero attached hydrogens (tertiary/aromatic N) is 1. The van der Waals surface area contributed by atoms with Gasteiger partial charge in [0.1, 0.15) is 11.8 Å². The fourth-order valence-corrected chi connectivity index (χ4v) is 4.46. The van der Waals surface area contributed by atoms with Crippen molar-refractivity contribution >= 4 is 46.6 Å². The topological polar surface area (TPSA) is 58.6 Å². The van der Waals surface area contributed by atoms with Crippen LogP contribution < -0.4 is 10.1 Å². The summed E-state index contributed by atoms with van der Waals surface area (Å²) in [5.41, 5.74) is 3.41. The SMILES string of the molecule is Cc1cc(OCC(=O)N(Cc2ccc(Cl)c(Cl)c2)[C@H](Cc2ccccc2)C(=O)NCC(C)C)cc(C)c1Cl. The van der Waals surface area contributed by atoms with E-state index >= 15 is 0 Å². The van der Waals surface area contributed by atoms with Gasteiger partial charge in [-0.2, -0.15) is 0 Å². The molecular weight excluding hydrogens is 543 g/mol. The summed E-state index contributed by atoms with van der Waals surface area (Å²) >= 11 is 18.7. The van der Waals surface area contributed by atoms with E-state index in [1.165, 1.54) is 0 Å². The van der Waals surface area contributed by atoms with Crippen molar-refractivity contribution in [1.29, 1.82) is 0 Å². The van der Waals surface area contributed by atoms with Crippen molar-refractivity contribution in [3.63, 3.8) is 0 Å². The van der Waals surface area contributed by atoms with Crippen LogP contribution in [0.25, 0.3) is 0 Å². The highest BCUT2D eigenvalue weighted by Gasteiger charge is 2.31. The number of hydrogen-bond donors (Lipinski definition) is 1. The van der Waals surface area contributed by atoms with Crippen LogP contribution in [0.3, 0.4) is 0 Å². The van der Waals surface area contributed by atoms with Gasteiger partial charge in [0.2, 0.25) is 5.91 Å². The Morgan fingerprint density at radius 1 is 0.895 bits per heavy atom. The molecule has 2 amide bonds. The van der Waals surface area contributed by atoms with E-state index in [4.69, 9.17) is 39.5 Å². The van der Waals surface area contributed by atoms with Crippen LogP contribution in [0, 0.1) is 19.8 Å². The number of hydrogen-bond acceptors (Lipinski definition) is 3. The molecule has 1 N–H and O–H groups in total. The molecule has 0 heterocycles. The monoisotopic (exact) mass is 574 g/mol. The number of amides is 2. The molecule has 0 aromatic heterocycles. The van der Waals surface area contributed by atoms with E-state index in [1.54, 1.807) is 35.2 Å². The Labute approximate surface area is 240 Å². The summed E-state index contributed by atoms with van der Waals surface area (Å²) in [6.45, 7) is 8.23. The molecule has 3 rings (SSSR count). The molecule has 0 saturated heterocycles. The molecular formula is C30H33Cl3N2O3. The van der Waals surface area contributed by atoms with Gasteiger partial charge in [0.25, 0.3) is 5.91 Å². The first kappa shape index (κ1) is 29.8. The molecule has 0 saturated carbocycles. The molecule has 8 heteroatoms. The first-order chi connectivity index (χ1) is 18.0. The van der Waals surface area contributed by atoms with Gasteiger partial charge in [0.15, 0.2) is 6.61 Å². The second-order valence-corrected chi connectivity index (χ2v) is 11.0. The lowest BCUT2D eigenvalue weighted by molar-refractivity contribution is -0.142. The fraction of sp³-hybridized carbons (Fsp3) is 0.333.